The molecule has 146 valence electrons. The van der Waals surface area contributed by atoms with E-state index in [9.17, 15) is 18.4 Å². The Hall–Kier alpha value is -1.38. The molecule has 9 heteroatoms. The van der Waals surface area contributed by atoms with Gasteiger partial charge < -0.3 is 20.1 Å². The Morgan fingerprint density at radius 3 is 2.32 bits per heavy atom. The zero-order chi connectivity index (χ0) is 19.2. The number of alkyl halides is 2. The molecule has 0 heterocycles. The molecule has 25 heavy (non-hydrogen) atoms. The van der Waals surface area contributed by atoms with Crippen LogP contribution < -0.4 is 5.32 Å². The molecule has 1 fully saturated rings. The zero-order valence-corrected chi connectivity index (χ0v) is 16.4. The smallest absolute Gasteiger partial charge is 0.409 e. The molecule has 2 amide bonds. The minimum absolute atomic E-state index is 0.0866. The Kier molecular flexibility index (Phi) is 8.10. The summed E-state index contributed by atoms with van der Waals surface area (Å²) in [6, 6.07) is 0.260. The lowest BCUT2D eigenvalue weighted by molar-refractivity contribution is 0.109. The van der Waals surface area contributed by atoms with Crippen molar-refractivity contribution in [1.29, 1.82) is 0 Å². The lowest BCUT2D eigenvalue weighted by Crippen LogP contribution is -2.45. The molecule has 0 spiro atoms. The molecule has 6 nitrogen and oxygen atoms in total. The van der Waals surface area contributed by atoms with Gasteiger partial charge in [0, 0.05) is 21.7 Å². The van der Waals surface area contributed by atoms with Gasteiger partial charge in [-0.15, -0.1) is 0 Å². The fraction of sp³-hybridized carbons (Fsp3) is 0.875. The standard InChI is InChI=1S/C16H30F2N2O4Si/c1-20(16(23)24-5-6-25(2,3)4)10-12(19-15(21)22)7-11-8-13(17)14(18)9-11/h11-14,19H,5-10H2,1-4H3,(H,21,22)/t11-,12-,13+,14-/m0/s1. The fourth-order valence-corrected chi connectivity index (χ4v) is 3.65. The van der Waals surface area contributed by atoms with E-state index in [-0.39, 0.29) is 25.3 Å². The van der Waals surface area contributed by atoms with E-state index < -0.39 is 38.6 Å². The van der Waals surface area contributed by atoms with E-state index in [0.29, 0.717) is 13.0 Å². The molecule has 0 aliphatic heterocycles. The first kappa shape index (κ1) is 21.7. The van der Waals surface area contributed by atoms with Crippen LogP contribution in [0.3, 0.4) is 0 Å². The van der Waals surface area contributed by atoms with Gasteiger partial charge in [0.15, 0.2) is 0 Å². The van der Waals surface area contributed by atoms with Gasteiger partial charge in [0.25, 0.3) is 0 Å². The second-order valence-corrected chi connectivity index (χ2v) is 13.7. The maximum absolute atomic E-state index is 13.3. The first-order valence-electron chi connectivity index (χ1n) is 8.63. The van der Waals surface area contributed by atoms with Crippen molar-refractivity contribution in [1.82, 2.24) is 10.2 Å². The molecule has 0 aromatic heterocycles. The maximum Gasteiger partial charge on any atom is 0.409 e. The quantitative estimate of drug-likeness (QED) is 0.632. The Labute approximate surface area is 148 Å². The van der Waals surface area contributed by atoms with Crippen LogP contribution in [0, 0.1) is 5.92 Å². The summed E-state index contributed by atoms with van der Waals surface area (Å²) >= 11 is 0. The van der Waals surface area contributed by atoms with E-state index in [1.165, 1.54) is 11.9 Å². The number of hydrogen-bond acceptors (Lipinski definition) is 3. The van der Waals surface area contributed by atoms with E-state index in [1.807, 2.05) is 0 Å². The number of hydrogen-bond donors (Lipinski definition) is 2. The van der Waals surface area contributed by atoms with Gasteiger partial charge in [-0.2, -0.15) is 0 Å². The van der Waals surface area contributed by atoms with Crippen molar-refractivity contribution < 1.29 is 28.2 Å². The third kappa shape index (κ3) is 8.51. The minimum atomic E-state index is -1.49. The van der Waals surface area contributed by atoms with E-state index in [4.69, 9.17) is 9.84 Å². The third-order valence-electron chi connectivity index (χ3n) is 4.34. The number of carboxylic acid groups (broad SMARTS) is 1. The highest BCUT2D eigenvalue weighted by atomic mass is 28.3. The fourth-order valence-electron chi connectivity index (χ4n) is 2.94. The first-order valence-corrected chi connectivity index (χ1v) is 12.3. The molecule has 0 saturated heterocycles. The number of nitrogens with one attached hydrogen (secondary N) is 1. The second kappa shape index (κ2) is 9.35. The maximum atomic E-state index is 13.3. The summed E-state index contributed by atoms with van der Waals surface area (Å²) in [5, 5.41) is 11.3. The van der Waals surface area contributed by atoms with Crippen LogP contribution in [0.4, 0.5) is 18.4 Å². The summed E-state index contributed by atoms with van der Waals surface area (Å²) in [7, 11) is 0.218. The summed E-state index contributed by atoms with van der Waals surface area (Å²) in [5.74, 6) is -0.238. The molecule has 0 aromatic carbocycles. The van der Waals surface area contributed by atoms with Crippen LogP contribution >= 0.6 is 0 Å². The van der Waals surface area contributed by atoms with E-state index in [2.05, 4.69) is 25.0 Å². The molecule has 0 radical (unpaired) electrons. The number of amides is 2. The predicted octanol–water partition coefficient (Wildman–Crippen LogP) is 3.51. The van der Waals surface area contributed by atoms with Crippen LogP contribution in [0.25, 0.3) is 0 Å². The summed E-state index contributed by atoms with van der Waals surface area (Å²) in [6.07, 6.45) is -4.25. The number of halogens is 2. The monoisotopic (exact) mass is 380 g/mol. The molecule has 4 atom stereocenters. The van der Waals surface area contributed by atoms with Gasteiger partial charge in [-0.1, -0.05) is 19.6 Å². The lowest BCUT2D eigenvalue weighted by Gasteiger charge is -2.26. The highest BCUT2D eigenvalue weighted by molar-refractivity contribution is 6.76. The Bertz CT molecular complexity index is 452. The third-order valence-corrected chi connectivity index (χ3v) is 6.04. The van der Waals surface area contributed by atoms with Gasteiger partial charge in [0.2, 0.25) is 0 Å². The van der Waals surface area contributed by atoms with Crippen LogP contribution in [-0.2, 0) is 4.74 Å². The number of carbonyl (C=O) groups is 2. The zero-order valence-electron chi connectivity index (χ0n) is 15.4. The average Bonchev–Trinajstić information content (AvgIpc) is 2.74. The molecule has 1 saturated carbocycles. The van der Waals surface area contributed by atoms with Crippen molar-refractivity contribution in [3.05, 3.63) is 0 Å². The van der Waals surface area contributed by atoms with Crippen molar-refractivity contribution in [3.8, 4) is 0 Å². The van der Waals surface area contributed by atoms with E-state index >= 15 is 0 Å². The van der Waals surface area contributed by atoms with Crippen molar-refractivity contribution in [2.45, 2.75) is 63.3 Å². The van der Waals surface area contributed by atoms with E-state index in [1.54, 1.807) is 0 Å². The number of nitrogens with zero attached hydrogens (tertiary/aromatic N) is 1. The highest BCUT2D eigenvalue weighted by Gasteiger charge is 2.36. The van der Waals surface area contributed by atoms with Crippen molar-refractivity contribution in [2.24, 2.45) is 5.92 Å². The molecular weight excluding hydrogens is 350 g/mol. The normalized spacial score (nSPS) is 24.6. The van der Waals surface area contributed by atoms with Crippen LogP contribution in [0.15, 0.2) is 0 Å². The van der Waals surface area contributed by atoms with Gasteiger partial charge in [0.05, 0.1) is 12.6 Å². The van der Waals surface area contributed by atoms with Crippen LogP contribution in [0.2, 0.25) is 25.7 Å². The summed E-state index contributed by atoms with van der Waals surface area (Å²) in [6.45, 7) is 6.97. The average molecular weight is 381 g/mol. The van der Waals surface area contributed by atoms with Gasteiger partial charge in [-0.3, -0.25) is 0 Å². The van der Waals surface area contributed by atoms with E-state index in [0.717, 1.165) is 6.04 Å². The minimum Gasteiger partial charge on any atom is -0.465 e. The summed E-state index contributed by atoms with van der Waals surface area (Å²) in [5.41, 5.74) is 0. The number of likely N-dealkylation sites (N-methyl/N-ethyl adjacent to an activating group) is 1. The van der Waals surface area contributed by atoms with Crippen LogP contribution in [0.5, 0.6) is 0 Å². The largest absolute Gasteiger partial charge is 0.465 e. The van der Waals surface area contributed by atoms with Gasteiger partial charge >= 0.3 is 12.2 Å². The Balaban J connectivity index is 2.50. The van der Waals surface area contributed by atoms with Gasteiger partial charge in [-0.05, 0) is 31.2 Å². The van der Waals surface area contributed by atoms with Crippen molar-refractivity contribution in [2.75, 3.05) is 20.2 Å². The predicted molar refractivity (Wildman–Crippen MR) is 94.2 cm³/mol. The Morgan fingerprint density at radius 2 is 1.84 bits per heavy atom. The number of ether oxygens (including phenoxy) is 1. The van der Waals surface area contributed by atoms with Gasteiger partial charge in [0.1, 0.15) is 12.3 Å². The van der Waals surface area contributed by atoms with Crippen molar-refractivity contribution in [3.63, 3.8) is 0 Å². The van der Waals surface area contributed by atoms with Crippen LogP contribution in [0.1, 0.15) is 19.3 Å². The highest BCUT2D eigenvalue weighted by Crippen LogP contribution is 2.33. The molecule has 0 bridgehead atoms. The summed E-state index contributed by atoms with van der Waals surface area (Å²) < 4.78 is 31.8. The Morgan fingerprint density at radius 1 is 1.28 bits per heavy atom. The molecule has 2 N–H and O–H groups in total. The molecule has 1 aliphatic carbocycles. The SMILES string of the molecule is CN(C[C@H](C[C@H]1C[C@@H](F)[C@@H](F)C1)NC(=O)O)C(=O)OCC[Si](C)(C)C. The molecule has 1 aliphatic rings. The second-order valence-electron chi connectivity index (χ2n) is 8.06. The topological polar surface area (TPSA) is 78.9 Å². The molecule has 0 aromatic rings. The number of carbonyl (C=O) groups excluding carboxylic acids is 1. The van der Waals surface area contributed by atoms with Crippen LogP contribution in [-0.4, -0.2) is 68.9 Å². The summed E-state index contributed by atoms with van der Waals surface area (Å²) in [4.78, 5) is 24.3. The lowest BCUT2D eigenvalue weighted by atomic mass is 9.98. The molecular formula is C16H30F2N2O4Si. The van der Waals surface area contributed by atoms with Gasteiger partial charge in [-0.25, -0.2) is 18.4 Å². The number of rotatable bonds is 8. The molecule has 0 unspecified atom stereocenters. The first-order chi connectivity index (χ1) is 11.5. The molecule has 1 rings (SSSR count). The van der Waals surface area contributed by atoms with Crippen molar-refractivity contribution >= 4 is 20.3 Å².